The first-order valence-electron chi connectivity index (χ1n) is 6.25. The smallest absolute Gasteiger partial charge is 0.417 e. The molecule has 7 heteroatoms. The molecule has 0 amide bonds. The number of nitrogens with zero attached hydrogens (tertiary/aromatic N) is 2. The number of alkyl halides is 3. The van der Waals surface area contributed by atoms with Crippen molar-refractivity contribution in [1.29, 1.82) is 0 Å². The van der Waals surface area contributed by atoms with Gasteiger partial charge >= 0.3 is 6.18 Å². The highest BCUT2D eigenvalue weighted by Gasteiger charge is 2.34. The van der Waals surface area contributed by atoms with Crippen molar-refractivity contribution >= 4 is 0 Å². The molecule has 0 aliphatic rings. The standard InChI is InChI=1S/C15H9F3N2O2/c16-15(17,18)11-7-3-1-5-9(11)13-19-20-14(22-13)10-6-2-4-8-12(10)21/h1-8,21H. The van der Waals surface area contributed by atoms with Crippen molar-refractivity contribution in [3.05, 3.63) is 54.1 Å². The van der Waals surface area contributed by atoms with Crippen LogP contribution in [0.25, 0.3) is 22.9 Å². The van der Waals surface area contributed by atoms with Crippen molar-refractivity contribution in [2.75, 3.05) is 0 Å². The molecule has 4 nitrogen and oxygen atoms in total. The van der Waals surface area contributed by atoms with Gasteiger partial charge in [0.25, 0.3) is 5.89 Å². The van der Waals surface area contributed by atoms with Crippen LogP contribution >= 0.6 is 0 Å². The lowest BCUT2D eigenvalue weighted by atomic mass is 10.1. The number of aromatic hydroxyl groups is 1. The summed E-state index contributed by atoms with van der Waals surface area (Å²) >= 11 is 0. The van der Waals surface area contributed by atoms with Gasteiger partial charge in [-0.3, -0.25) is 0 Å². The fraction of sp³-hybridized carbons (Fsp3) is 0.0667. The molecule has 112 valence electrons. The maximum absolute atomic E-state index is 13.0. The Labute approximate surface area is 122 Å². The molecule has 0 aliphatic heterocycles. The van der Waals surface area contributed by atoms with Gasteiger partial charge in [-0.15, -0.1) is 10.2 Å². The normalized spacial score (nSPS) is 11.6. The van der Waals surface area contributed by atoms with E-state index in [1.165, 1.54) is 30.3 Å². The van der Waals surface area contributed by atoms with Gasteiger partial charge in [-0.1, -0.05) is 24.3 Å². The zero-order valence-corrected chi connectivity index (χ0v) is 11.0. The second-order valence-electron chi connectivity index (χ2n) is 4.47. The van der Waals surface area contributed by atoms with Crippen molar-refractivity contribution in [3.63, 3.8) is 0 Å². The molecular formula is C15H9F3N2O2. The number of para-hydroxylation sites is 1. The third kappa shape index (κ3) is 2.52. The topological polar surface area (TPSA) is 59.2 Å². The SMILES string of the molecule is Oc1ccccc1-c1nnc(-c2ccccc2C(F)(F)F)o1. The van der Waals surface area contributed by atoms with Gasteiger partial charge < -0.3 is 9.52 Å². The molecule has 0 radical (unpaired) electrons. The van der Waals surface area contributed by atoms with E-state index in [2.05, 4.69) is 10.2 Å². The van der Waals surface area contributed by atoms with Gasteiger partial charge in [0, 0.05) is 0 Å². The molecule has 0 saturated heterocycles. The van der Waals surface area contributed by atoms with Crippen LogP contribution in [0.4, 0.5) is 13.2 Å². The molecule has 1 aromatic heterocycles. The van der Waals surface area contributed by atoms with Crippen LogP contribution < -0.4 is 0 Å². The van der Waals surface area contributed by atoms with Crippen molar-refractivity contribution < 1.29 is 22.7 Å². The van der Waals surface area contributed by atoms with Crippen molar-refractivity contribution in [1.82, 2.24) is 10.2 Å². The van der Waals surface area contributed by atoms with Gasteiger partial charge in [0.2, 0.25) is 5.89 Å². The molecule has 3 rings (SSSR count). The Bertz CT molecular complexity index is 812. The Morgan fingerprint density at radius 2 is 1.36 bits per heavy atom. The molecule has 0 bridgehead atoms. The highest BCUT2D eigenvalue weighted by Crippen LogP contribution is 2.37. The largest absolute Gasteiger partial charge is 0.507 e. The number of phenols is 1. The first kappa shape index (κ1) is 14.1. The van der Waals surface area contributed by atoms with E-state index in [1.807, 2.05) is 0 Å². The zero-order valence-electron chi connectivity index (χ0n) is 11.0. The third-order valence-electron chi connectivity index (χ3n) is 3.02. The Balaban J connectivity index is 2.08. The Hall–Kier alpha value is -2.83. The van der Waals surface area contributed by atoms with Crippen molar-refractivity contribution in [2.24, 2.45) is 0 Å². The molecular weight excluding hydrogens is 297 g/mol. The van der Waals surface area contributed by atoms with Gasteiger partial charge in [0.05, 0.1) is 16.7 Å². The highest BCUT2D eigenvalue weighted by atomic mass is 19.4. The van der Waals surface area contributed by atoms with Crippen LogP contribution in [0, 0.1) is 0 Å². The van der Waals surface area contributed by atoms with Crippen LogP contribution in [-0.4, -0.2) is 15.3 Å². The predicted octanol–water partition coefficient (Wildman–Crippen LogP) is 4.13. The molecule has 1 heterocycles. The van der Waals surface area contributed by atoms with Gasteiger partial charge in [0.1, 0.15) is 5.75 Å². The minimum atomic E-state index is -4.53. The molecule has 1 N–H and O–H groups in total. The molecule has 0 fully saturated rings. The van der Waals surface area contributed by atoms with Crippen LogP contribution in [0.2, 0.25) is 0 Å². The average Bonchev–Trinajstić information content (AvgIpc) is 2.96. The minimum absolute atomic E-state index is 0.0509. The zero-order chi connectivity index (χ0) is 15.7. The van der Waals surface area contributed by atoms with E-state index >= 15 is 0 Å². The fourth-order valence-corrected chi connectivity index (χ4v) is 2.01. The van der Waals surface area contributed by atoms with Crippen LogP contribution in [-0.2, 0) is 6.18 Å². The average molecular weight is 306 g/mol. The lowest BCUT2D eigenvalue weighted by Crippen LogP contribution is -2.06. The maximum Gasteiger partial charge on any atom is 0.417 e. The van der Waals surface area contributed by atoms with E-state index in [9.17, 15) is 18.3 Å². The van der Waals surface area contributed by atoms with E-state index in [0.717, 1.165) is 6.07 Å². The maximum atomic E-state index is 13.0. The fourth-order valence-electron chi connectivity index (χ4n) is 2.01. The Morgan fingerprint density at radius 3 is 2.00 bits per heavy atom. The van der Waals surface area contributed by atoms with E-state index in [0.29, 0.717) is 0 Å². The van der Waals surface area contributed by atoms with Gasteiger partial charge in [-0.05, 0) is 24.3 Å². The number of hydrogen-bond acceptors (Lipinski definition) is 4. The van der Waals surface area contributed by atoms with Crippen LogP contribution in [0.5, 0.6) is 5.75 Å². The van der Waals surface area contributed by atoms with Crippen LogP contribution in [0.15, 0.2) is 52.9 Å². The van der Waals surface area contributed by atoms with E-state index in [-0.39, 0.29) is 28.7 Å². The lowest BCUT2D eigenvalue weighted by Gasteiger charge is -2.09. The summed E-state index contributed by atoms with van der Waals surface area (Å²) < 4.78 is 44.3. The molecule has 22 heavy (non-hydrogen) atoms. The summed E-state index contributed by atoms with van der Waals surface area (Å²) in [7, 11) is 0. The van der Waals surface area contributed by atoms with E-state index < -0.39 is 11.7 Å². The number of phenolic OH excluding ortho intramolecular Hbond substituents is 1. The van der Waals surface area contributed by atoms with Gasteiger partial charge in [-0.25, -0.2) is 0 Å². The molecule has 0 saturated carbocycles. The highest BCUT2D eigenvalue weighted by molar-refractivity contribution is 5.65. The monoisotopic (exact) mass is 306 g/mol. The summed E-state index contributed by atoms with van der Waals surface area (Å²) in [5.74, 6) is -0.405. The summed E-state index contributed by atoms with van der Waals surface area (Å²) in [6.07, 6.45) is -4.53. The summed E-state index contributed by atoms with van der Waals surface area (Å²) in [6, 6.07) is 11.1. The van der Waals surface area contributed by atoms with E-state index in [4.69, 9.17) is 4.42 Å². The summed E-state index contributed by atoms with van der Waals surface area (Å²) in [5.41, 5.74) is -0.808. The van der Waals surface area contributed by atoms with Crippen LogP contribution in [0.3, 0.4) is 0 Å². The lowest BCUT2D eigenvalue weighted by molar-refractivity contribution is -0.137. The summed E-state index contributed by atoms with van der Waals surface area (Å²) in [6.45, 7) is 0. The number of halogens is 3. The quantitative estimate of drug-likeness (QED) is 0.773. The second-order valence-corrected chi connectivity index (χ2v) is 4.47. The van der Waals surface area contributed by atoms with Crippen LogP contribution in [0.1, 0.15) is 5.56 Å². The molecule has 2 aromatic carbocycles. The van der Waals surface area contributed by atoms with Crippen molar-refractivity contribution in [2.45, 2.75) is 6.18 Å². The minimum Gasteiger partial charge on any atom is -0.507 e. The van der Waals surface area contributed by atoms with Gasteiger partial charge in [-0.2, -0.15) is 13.2 Å². The first-order valence-corrected chi connectivity index (χ1v) is 6.25. The predicted molar refractivity (Wildman–Crippen MR) is 71.8 cm³/mol. The first-order chi connectivity index (χ1) is 10.5. The molecule has 0 aliphatic carbocycles. The number of hydrogen-bond donors (Lipinski definition) is 1. The molecule has 3 aromatic rings. The summed E-state index contributed by atoms with van der Waals surface area (Å²) in [4.78, 5) is 0. The molecule has 0 spiro atoms. The second kappa shape index (κ2) is 5.18. The van der Waals surface area contributed by atoms with E-state index in [1.54, 1.807) is 12.1 Å². The third-order valence-corrected chi connectivity index (χ3v) is 3.02. The molecule has 0 atom stereocenters. The molecule has 0 unspecified atom stereocenters. The summed E-state index contributed by atoms with van der Waals surface area (Å²) in [5, 5.41) is 17.1. The number of benzene rings is 2. The van der Waals surface area contributed by atoms with Crippen molar-refractivity contribution in [3.8, 4) is 28.7 Å². The van der Waals surface area contributed by atoms with Gasteiger partial charge in [0.15, 0.2) is 0 Å². The Morgan fingerprint density at radius 1 is 0.818 bits per heavy atom. The Kier molecular flexibility index (Phi) is 3.32. The number of rotatable bonds is 2. The number of aromatic nitrogens is 2.